The Morgan fingerprint density at radius 1 is 1.30 bits per heavy atom. The van der Waals surface area contributed by atoms with Gasteiger partial charge in [0, 0.05) is 43.7 Å². The van der Waals surface area contributed by atoms with Crippen LogP contribution in [0.1, 0.15) is 6.92 Å². The maximum absolute atomic E-state index is 12.9. The number of nitrogens with zero attached hydrogens (tertiary/aromatic N) is 2. The summed E-state index contributed by atoms with van der Waals surface area (Å²) in [6.45, 7) is 6.08. The number of rotatable bonds is 7. The Kier molecular flexibility index (Phi) is 6.72. The van der Waals surface area contributed by atoms with Crippen LogP contribution in [0.15, 0.2) is 29.2 Å². The molecule has 1 saturated heterocycles. The first-order chi connectivity index (χ1) is 10.9. The van der Waals surface area contributed by atoms with Crippen LogP contribution in [0.3, 0.4) is 0 Å². The predicted octanol–water partition coefficient (Wildman–Crippen LogP) is 0.910. The Morgan fingerprint density at radius 3 is 2.48 bits per heavy atom. The highest BCUT2D eigenvalue weighted by molar-refractivity contribution is 7.89. The van der Waals surface area contributed by atoms with Gasteiger partial charge in [0.05, 0.1) is 18.1 Å². The third kappa shape index (κ3) is 4.84. The fraction of sp³-hybridized carbons (Fsp3) is 0.600. The maximum Gasteiger partial charge on any atom is 0.243 e. The number of anilines is 1. The molecule has 1 atom stereocenters. The zero-order valence-electron chi connectivity index (χ0n) is 13.4. The molecule has 0 unspecified atom stereocenters. The number of sulfonamides is 1. The van der Waals surface area contributed by atoms with E-state index in [0.717, 1.165) is 13.1 Å². The number of ether oxygens (including phenoxy) is 1. The summed E-state index contributed by atoms with van der Waals surface area (Å²) in [6, 6.07) is 6.15. The molecule has 0 amide bonds. The highest BCUT2D eigenvalue weighted by atomic mass is 32.2. The van der Waals surface area contributed by atoms with Crippen molar-refractivity contribution in [1.29, 1.82) is 0 Å². The molecule has 1 heterocycles. The first kappa shape index (κ1) is 18.5. The number of nitrogens with two attached hydrogens (primary N) is 1. The van der Waals surface area contributed by atoms with E-state index in [1.54, 1.807) is 24.3 Å². The lowest BCUT2D eigenvalue weighted by atomic mass is 10.3. The van der Waals surface area contributed by atoms with E-state index >= 15 is 0 Å². The molecule has 1 aromatic rings. The van der Waals surface area contributed by atoms with Crippen molar-refractivity contribution in [2.75, 3.05) is 50.9 Å². The molecule has 0 radical (unpaired) electrons. The SMILES string of the molecule is C[C@H](CS)N(CCN1CCOCC1)S(=O)(=O)c1ccc(N)cc1. The highest BCUT2D eigenvalue weighted by Crippen LogP contribution is 2.20. The second-order valence-corrected chi connectivity index (χ2v) is 7.93. The smallest absolute Gasteiger partial charge is 0.243 e. The van der Waals surface area contributed by atoms with Crippen LogP contribution < -0.4 is 5.73 Å². The van der Waals surface area contributed by atoms with E-state index in [1.807, 2.05) is 6.92 Å². The lowest BCUT2D eigenvalue weighted by molar-refractivity contribution is 0.0357. The third-order valence-corrected chi connectivity index (χ3v) is 6.54. The summed E-state index contributed by atoms with van der Waals surface area (Å²) in [5.41, 5.74) is 6.20. The minimum atomic E-state index is -3.56. The molecule has 0 spiro atoms. The quantitative estimate of drug-likeness (QED) is 0.559. The van der Waals surface area contributed by atoms with Gasteiger partial charge < -0.3 is 10.5 Å². The Morgan fingerprint density at radius 2 is 1.91 bits per heavy atom. The van der Waals surface area contributed by atoms with Gasteiger partial charge in [-0.05, 0) is 31.2 Å². The Hall–Kier alpha value is -0.800. The number of hydrogen-bond donors (Lipinski definition) is 2. The first-order valence-corrected chi connectivity index (χ1v) is 9.80. The maximum atomic E-state index is 12.9. The van der Waals surface area contributed by atoms with Crippen molar-refractivity contribution < 1.29 is 13.2 Å². The average Bonchev–Trinajstić information content (AvgIpc) is 2.56. The van der Waals surface area contributed by atoms with Crippen LogP contribution >= 0.6 is 12.6 Å². The predicted molar refractivity (Wildman–Crippen MR) is 95.3 cm³/mol. The molecule has 23 heavy (non-hydrogen) atoms. The van der Waals surface area contributed by atoms with E-state index in [2.05, 4.69) is 17.5 Å². The monoisotopic (exact) mass is 359 g/mol. The summed E-state index contributed by atoms with van der Waals surface area (Å²) in [5.74, 6) is 0.470. The molecule has 2 N–H and O–H groups in total. The number of nitrogen functional groups attached to an aromatic ring is 1. The molecule has 6 nitrogen and oxygen atoms in total. The number of benzene rings is 1. The molecular formula is C15H25N3O3S2. The fourth-order valence-electron chi connectivity index (χ4n) is 2.51. The van der Waals surface area contributed by atoms with Crippen molar-refractivity contribution in [3.05, 3.63) is 24.3 Å². The molecule has 0 aromatic heterocycles. The zero-order chi connectivity index (χ0) is 16.9. The Balaban J connectivity index is 2.14. The van der Waals surface area contributed by atoms with Crippen molar-refractivity contribution in [3.8, 4) is 0 Å². The van der Waals surface area contributed by atoms with Gasteiger partial charge in [-0.1, -0.05) is 0 Å². The van der Waals surface area contributed by atoms with Crippen LogP contribution in [-0.4, -0.2) is 68.8 Å². The summed E-state index contributed by atoms with van der Waals surface area (Å²) in [4.78, 5) is 2.49. The summed E-state index contributed by atoms with van der Waals surface area (Å²) in [5, 5.41) is 0. The van der Waals surface area contributed by atoms with Gasteiger partial charge in [-0.15, -0.1) is 0 Å². The molecule has 0 aliphatic carbocycles. The normalized spacial score (nSPS) is 18.2. The zero-order valence-corrected chi connectivity index (χ0v) is 15.1. The molecule has 1 aliphatic rings. The first-order valence-electron chi connectivity index (χ1n) is 7.73. The molecule has 0 bridgehead atoms. The van der Waals surface area contributed by atoms with Gasteiger partial charge in [0.25, 0.3) is 0 Å². The van der Waals surface area contributed by atoms with Gasteiger partial charge in [-0.3, -0.25) is 4.90 Å². The van der Waals surface area contributed by atoms with Crippen LogP contribution in [0.4, 0.5) is 5.69 Å². The van der Waals surface area contributed by atoms with E-state index < -0.39 is 10.0 Å². The molecule has 0 saturated carbocycles. The fourth-order valence-corrected chi connectivity index (χ4v) is 4.44. The van der Waals surface area contributed by atoms with E-state index in [1.165, 1.54) is 4.31 Å². The van der Waals surface area contributed by atoms with Gasteiger partial charge in [0.2, 0.25) is 10.0 Å². The summed E-state index contributed by atoms with van der Waals surface area (Å²) in [6.07, 6.45) is 0. The second kappa shape index (κ2) is 8.34. The van der Waals surface area contributed by atoms with Gasteiger partial charge >= 0.3 is 0 Å². The molecule has 8 heteroatoms. The molecule has 1 fully saturated rings. The topological polar surface area (TPSA) is 75.9 Å². The number of morpholine rings is 1. The average molecular weight is 360 g/mol. The molecule has 130 valence electrons. The standard InChI is InChI=1S/C15H25N3O3S2/c1-13(12-22)18(7-6-17-8-10-21-11-9-17)23(19,20)15-4-2-14(16)3-5-15/h2-5,13,22H,6-12,16H2,1H3/t13-/m1/s1. The minimum Gasteiger partial charge on any atom is -0.399 e. The largest absolute Gasteiger partial charge is 0.399 e. The number of thiol groups is 1. The Bertz CT molecular complexity index is 586. The molecular weight excluding hydrogens is 334 g/mol. The van der Waals surface area contributed by atoms with Gasteiger partial charge in [-0.2, -0.15) is 16.9 Å². The van der Waals surface area contributed by atoms with Crippen molar-refractivity contribution in [2.24, 2.45) is 0 Å². The lowest BCUT2D eigenvalue weighted by Crippen LogP contribution is -2.46. The van der Waals surface area contributed by atoms with Crippen molar-refractivity contribution in [1.82, 2.24) is 9.21 Å². The second-order valence-electron chi connectivity index (χ2n) is 5.67. The summed E-state index contributed by atoms with van der Waals surface area (Å²) < 4.78 is 32.7. The summed E-state index contributed by atoms with van der Waals surface area (Å²) >= 11 is 4.28. The van der Waals surface area contributed by atoms with E-state index in [-0.39, 0.29) is 10.9 Å². The van der Waals surface area contributed by atoms with Gasteiger partial charge in [0.15, 0.2) is 0 Å². The summed E-state index contributed by atoms with van der Waals surface area (Å²) in [7, 11) is -3.56. The third-order valence-electron chi connectivity index (χ3n) is 3.98. The molecule has 1 aliphatic heterocycles. The van der Waals surface area contributed by atoms with Crippen molar-refractivity contribution in [3.63, 3.8) is 0 Å². The van der Waals surface area contributed by atoms with E-state index in [4.69, 9.17) is 10.5 Å². The Labute approximate surface area is 144 Å². The number of hydrogen-bond acceptors (Lipinski definition) is 6. The van der Waals surface area contributed by atoms with Crippen LogP contribution in [-0.2, 0) is 14.8 Å². The van der Waals surface area contributed by atoms with E-state index in [9.17, 15) is 8.42 Å². The molecule has 1 aromatic carbocycles. The van der Waals surface area contributed by atoms with Gasteiger partial charge in [-0.25, -0.2) is 8.42 Å². The molecule has 2 rings (SSSR count). The van der Waals surface area contributed by atoms with Crippen LogP contribution in [0, 0.1) is 0 Å². The van der Waals surface area contributed by atoms with Crippen molar-refractivity contribution in [2.45, 2.75) is 17.9 Å². The van der Waals surface area contributed by atoms with Crippen LogP contribution in [0.25, 0.3) is 0 Å². The van der Waals surface area contributed by atoms with Crippen LogP contribution in [0.5, 0.6) is 0 Å². The van der Waals surface area contributed by atoms with Crippen LogP contribution in [0.2, 0.25) is 0 Å². The van der Waals surface area contributed by atoms with E-state index in [0.29, 0.717) is 37.7 Å². The highest BCUT2D eigenvalue weighted by Gasteiger charge is 2.29. The lowest BCUT2D eigenvalue weighted by Gasteiger charge is -2.32. The minimum absolute atomic E-state index is 0.179. The van der Waals surface area contributed by atoms with Gasteiger partial charge in [0.1, 0.15) is 0 Å². The van der Waals surface area contributed by atoms with Crippen molar-refractivity contribution >= 4 is 28.3 Å².